The van der Waals surface area contributed by atoms with Gasteiger partial charge in [0.1, 0.15) is 5.82 Å². The van der Waals surface area contributed by atoms with Gasteiger partial charge in [0, 0.05) is 5.56 Å². The zero-order valence-electron chi connectivity index (χ0n) is 23.8. The molecule has 1 aliphatic heterocycles. The number of carbonyl (C=O) groups excluding carboxylic acids is 1. The zero-order valence-corrected chi connectivity index (χ0v) is 25.4. The van der Waals surface area contributed by atoms with Crippen molar-refractivity contribution in [2.45, 2.75) is 53.0 Å². The van der Waals surface area contributed by atoms with Crippen LogP contribution in [0, 0.1) is 11.7 Å². The Bertz CT molecular complexity index is 1620. The van der Waals surface area contributed by atoms with Crippen LogP contribution in [0.5, 0.6) is 11.5 Å². The second-order valence-electron chi connectivity index (χ2n) is 10.2. The molecule has 4 rings (SSSR count). The number of carbonyl (C=O) groups is 1. The van der Waals surface area contributed by atoms with E-state index < -0.39 is 23.4 Å². The fraction of sp³-hybridized carbons (Fsp3) is 0.387. The van der Waals surface area contributed by atoms with E-state index in [1.54, 1.807) is 32.2 Å². The predicted octanol–water partition coefficient (Wildman–Crippen LogP) is 5.80. The molecule has 0 saturated carbocycles. The van der Waals surface area contributed by atoms with Crippen molar-refractivity contribution in [1.29, 1.82) is 0 Å². The van der Waals surface area contributed by atoms with Crippen molar-refractivity contribution in [2.24, 2.45) is 10.9 Å². The summed E-state index contributed by atoms with van der Waals surface area (Å²) in [5.41, 5.74) is 0.963. The predicted molar refractivity (Wildman–Crippen MR) is 159 cm³/mol. The van der Waals surface area contributed by atoms with Crippen LogP contribution in [-0.4, -0.2) is 30.9 Å². The molecule has 0 N–H and O–H groups in total. The minimum atomic E-state index is -0.854. The number of unbranched alkanes of at least 4 members (excludes halogenated alkanes) is 2. The number of thiazole rings is 1. The number of fused-ring (bicyclic) bond motifs is 1. The van der Waals surface area contributed by atoms with Crippen LogP contribution < -0.4 is 24.4 Å². The van der Waals surface area contributed by atoms with Crippen LogP contribution in [0.15, 0.2) is 57.5 Å². The fourth-order valence-electron chi connectivity index (χ4n) is 4.51. The van der Waals surface area contributed by atoms with Gasteiger partial charge in [0.2, 0.25) is 0 Å². The number of halogens is 2. The summed E-state index contributed by atoms with van der Waals surface area (Å²) in [5.74, 6) is 0.0557. The molecule has 0 saturated heterocycles. The molecule has 41 heavy (non-hydrogen) atoms. The van der Waals surface area contributed by atoms with Gasteiger partial charge in [-0.2, -0.15) is 0 Å². The average Bonchev–Trinajstić information content (AvgIpc) is 3.25. The summed E-state index contributed by atoms with van der Waals surface area (Å²) >= 11 is 7.34. The van der Waals surface area contributed by atoms with Crippen LogP contribution in [0.4, 0.5) is 4.39 Å². The molecule has 0 amide bonds. The molecule has 0 spiro atoms. The third-order valence-electron chi connectivity index (χ3n) is 6.57. The molecule has 10 heteroatoms. The standard InChI is InChI=1S/C31H34ClFN2O5S/c1-6-7-8-14-39-24-13-12-20(15-25(24)38-5)28-27(30(37)40-17-18(2)3)19(4)34-31-35(28)29(36)26(41-31)16-21-22(32)10-9-11-23(21)33/h9-13,15-16,18,28H,6-8,14,17H2,1-5H3/b26-16-. The van der Waals surface area contributed by atoms with Crippen LogP contribution in [-0.2, 0) is 9.53 Å². The number of ether oxygens (including phenoxy) is 3. The molecule has 7 nitrogen and oxygen atoms in total. The highest BCUT2D eigenvalue weighted by Crippen LogP contribution is 2.36. The molecule has 0 fully saturated rings. The van der Waals surface area contributed by atoms with Crippen molar-refractivity contribution in [3.63, 3.8) is 0 Å². The first-order valence-electron chi connectivity index (χ1n) is 13.6. The minimum absolute atomic E-state index is 0.106. The summed E-state index contributed by atoms with van der Waals surface area (Å²) in [4.78, 5) is 32.3. The summed E-state index contributed by atoms with van der Waals surface area (Å²) < 4.78 is 33.5. The lowest BCUT2D eigenvalue weighted by molar-refractivity contribution is -0.140. The molecular formula is C31H34ClFN2O5S. The number of allylic oxidation sites excluding steroid dienone is 1. The lowest BCUT2D eigenvalue weighted by Crippen LogP contribution is -2.40. The fourth-order valence-corrected chi connectivity index (χ4v) is 5.75. The van der Waals surface area contributed by atoms with E-state index >= 15 is 0 Å². The maximum absolute atomic E-state index is 14.6. The molecule has 218 valence electrons. The Labute approximate surface area is 247 Å². The lowest BCUT2D eigenvalue weighted by Gasteiger charge is -2.25. The van der Waals surface area contributed by atoms with Gasteiger partial charge < -0.3 is 14.2 Å². The Kier molecular flexibility index (Phi) is 10.0. The highest BCUT2D eigenvalue weighted by atomic mass is 35.5. The molecular weight excluding hydrogens is 567 g/mol. The molecule has 1 atom stereocenters. The van der Waals surface area contributed by atoms with Crippen molar-refractivity contribution >= 4 is 35.0 Å². The largest absolute Gasteiger partial charge is 0.493 e. The maximum atomic E-state index is 14.6. The number of methoxy groups -OCH3 is 1. The monoisotopic (exact) mass is 600 g/mol. The summed E-state index contributed by atoms with van der Waals surface area (Å²) in [5, 5.41) is 0.181. The first-order chi connectivity index (χ1) is 19.7. The van der Waals surface area contributed by atoms with E-state index in [1.807, 2.05) is 19.9 Å². The minimum Gasteiger partial charge on any atom is -0.493 e. The number of nitrogens with zero attached hydrogens (tertiary/aromatic N) is 2. The highest BCUT2D eigenvalue weighted by molar-refractivity contribution is 7.07. The normalized spacial score (nSPS) is 15.1. The topological polar surface area (TPSA) is 79.1 Å². The van der Waals surface area contributed by atoms with Gasteiger partial charge >= 0.3 is 5.97 Å². The Balaban J connectivity index is 1.87. The first-order valence-corrected chi connectivity index (χ1v) is 14.8. The van der Waals surface area contributed by atoms with Gasteiger partial charge in [-0.3, -0.25) is 9.36 Å². The molecule has 2 aromatic carbocycles. The molecule has 3 aromatic rings. The van der Waals surface area contributed by atoms with Gasteiger partial charge in [-0.25, -0.2) is 14.2 Å². The van der Waals surface area contributed by atoms with Crippen molar-refractivity contribution in [2.75, 3.05) is 20.3 Å². The van der Waals surface area contributed by atoms with Crippen molar-refractivity contribution in [3.05, 3.63) is 89.3 Å². The van der Waals surface area contributed by atoms with Gasteiger partial charge in [-0.15, -0.1) is 0 Å². The third-order valence-corrected chi connectivity index (χ3v) is 7.89. The van der Waals surface area contributed by atoms with Crippen molar-refractivity contribution < 1.29 is 23.4 Å². The van der Waals surface area contributed by atoms with Crippen LogP contribution in [0.25, 0.3) is 6.08 Å². The Morgan fingerprint density at radius 3 is 2.68 bits per heavy atom. The number of esters is 1. The van der Waals surface area contributed by atoms with E-state index in [2.05, 4.69) is 11.9 Å². The van der Waals surface area contributed by atoms with E-state index in [0.29, 0.717) is 34.2 Å². The summed E-state index contributed by atoms with van der Waals surface area (Å²) in [6.45, 7) is 8.49. The number of hydrogen-bond donors (Lipinski definition) is 0. The first kappa shape index (κ1) is 30.5. The number of benzene rings is 2. The van der Waals surface area contributed by atoms with Crippen molar-refractivity contribution in [1.82, 2.24) is 4.57 Å². The van der Waals surface area contributed by atoms with Crippen LogP contribution in [0.1, 0.15) is 64.1 Å². The average molecular weight is 601 g/mol. The van der Waals surface area contributed by atoms with E-state index in [4.69, 9.17) is 25.8 Å². The molecule has 2 heterocycles. The molecule has 0 aliphatic carbocycles. The maximum Gasteiger partial charge on any atom is 0.338 e. The van der Waals surface area contributed by atoms with Gasteiger partial charge in [0.25, 0.3) is 5.56 Å². The van der Waals surface area contributed by atoms with Crippen molar-refractivity contribution in [3.8, 4) is 11.5 Å². The summed E-state index contributed by atoms with van der Waals surface area (Å²) in [6.07, 6.45) is 4.47. The number of hydrogen-bond acceptors (Lipinski definition) is 7. The highest BCUT2D eigenvalue weighted by Gasteiger charge is 2.34. The van der Waals surface area contributed by atoms with E-state index in [9.17, 15) is 14.0 Å². The second-order valence-corrected chi connectivity index (χ2v) is 11.6. The van der Waals surface area contributed by atoms with Crippen LogP contribution >= 0.6 is 22.9 Å². The van der Waals surface area contributed by atoms with E-state index in [1.165, 1.54) is 22.8 Å². The summed E-state index contributed by atoms with van der Waals surface area (Å²) in [7, 11) is 1.54. The number of aromatic nitrogens is 1. The Morgan fingerprint density at radius 1 is 1.22 bits per heavy atom. The number of rotatable bonds is 11. The van der Waals surface area contributed by atoms with E-state index in [-0.39, 0.29) is 33.2 Å². The lowest BCUT2D eigenvalue weighted by atomic mass is 9.95. The molecule has 0 radical (unpaired) electrons. The Hall–Kier alpha value is -3.43. The van der Waals surface area contributed by atoms with Gasteiger partial charge in [0.05, 0.1) is 47.2 Å². The SMILES string of the molecule is CCCCCOc1ccc(C2C(C(=O)OCC(C)C)=C(C)N=c3s/c(=C\c4c(F)cccc4Cl)c(=O)n32)cc1OC. The molecule has 0 bridgehead atoms. The molecule has 1 unspecified atom stereocenters. The smallest absolute Gasteiger partial charge is 0.338 e. The molecule has 1 aromatic heterocycles. The van der Waals surface area contributed by atoms with Crippen LogP contribution in [0.2, 0.25) is 5.02 Å². The summed E-state index contributed by atoms with van der Waals surface area (Å²) in [6, 6.07) is 8.83. The second kappa shape index (κ2) is 13.5. The zero-order chi connectivity index (χ0) is 29.7. The molecule has 1 aliphatic rings. The van der Waals surface area contributed by atoms with Gasteiger partial charge in [0.15, 0.2) is 16.3 Å². The van der Waals surface area contributed by atoms with E-state index in [0.717, 1.165) is 30.6 Å². The van der Waals surface area contributed by atoms with Gasteiger partial charge in [-0.05, 0) is 55.2 Å². The quantitative estimate of drug-likeness (QED) is 0.205. The van der Waals surface area contributed by atoms with Gasteiger partial charge in [-0.1, -0.05) is 68.7 Å². The Morgan fingerprint density at radius 2 is 2.00 bits per heavy atom. The third kappa shape index (κ3) is 6.73. The van der Waals surface area contributed by atoms with Crippen LogP contribution in [0.3, 0.4) is 0 Å².